The lowest BCUT2D eigenvalue weighted by molar-refractivity contribution is -0.143. The van der Waals surface area contributed by atoms with E-state index in [1.165, 1.54) is 27.4 Å². The number of pyridine rings is 1. The molecule has 8 heteroatoms. The number of ether oxygens (including phenoxy) is 4. The number of rotatable bonds is 11. The lowest BCUT2D eigenvalue weighted by Gasteiger charge is -2.21. The summed E-state index contributed by atoms with van der Waals surface area (Å²) in [7, 11) is 4.58. The van der Waals surface area contributed by atoms with Crippen LogP contribution in [-0.2, 0) is 20.9 Å². The number of nitrogens with zero attached hydrogens (tertiary/aromatic N) is 2. The van der Waals surface area contributed by atoms with Gasteiger partial charge in [0.1, 0.15) is 0 Å². The molecule has 2 rings (SSSR count). The van der Waals surface area contributed by atoms with Gasteiger partial charge in [0, 0.05) is 31.6 Å². The molecule has 166 valence electrons. The van der Waals surface area contributed by atoms with E-state index in [1.54, 1.807) is 48.5 Å². The van der Waals surface area contributed by atoms with Crippen molar-refractivity contribution in [3.63, 3.8) is 0 Å². The number of aromatic nitrogens is 1. The van der Waals surface area contributed by atoms with Crippen molar-refractivity contribution in [3.8, 4) is 17.2 Å². The monoisotopic (exact) mass is 428 g/mol. The topological polar surface area (TPSA) is 87.2 Å². The van der Waals surface area contributed by atoms with Gasteiger partial charge in [-0.25, -0.2) is 0 Å². The predicted molar refractivity (Wildman–Crippen MR) is 116 cm³/mol. The Morgan fingerprint density at radius 1 is 1.10 bits per heavy atom. The van der Waals surface area contributed by atoms with Gasteiger partial charge >= 0.3 is 5.97 Å². The van der Waals surface area contributed by atoms with Crippen molar-refractivity contribution in [3.05, 3.63) is 53.9 Å². The smallest absolute Gasteiger partial charge is 0.307 e. The minimum Gasteiger partial charge on any atom is -0.493 e. The third-order valence-electron chi connectivity index (χ3n) is 4.40. The molecule has 0 atom stereocenters. The van der Waals surface area contributed by atoms with Crippen molar-refractivity contribution in [2.45, 2.75) is 19.9 Å². The van der Waals surface area contributed by atoms with Crippen molar-refractivity contribution in [2.75, 3.05) is 34.5 Å². The first-order valence-electron chi connectivity index (χ1n) is 9.83. The fraction of sp³-hybridized carbons (Fsp3) is 0.348. The Kier molecular flexibility index (Phi) is 9.35. The molecule has 0 fully saturated rings. The Balaban J connectivity index is 2.21. The zero-order valence-corrected chi connectivity index (χ0v) is 18.3. The Bertz CT molecular complexity index is 873. The van der Waals surface area contributed by atoms with Gasteiger partial charge < -0.3 is 23.8 Å². The van der Waals surface area contributed by atoms with Crippen LogP contribution in [0, 0.1) is 0 Å². The average Bonchev–Trinajstić information content (AvgIpc) is 2.80. The Hall–Kier alpha value is -3.55. The van der Waals surface area contributed by atoms with Gasteiger partial charge in [-0.1, -0.05) is 6.07 Å². The number of hydrogen-bond acceptors (Lipinski definition) is 7. The zero-order chi connectivity index (χ0) is 22.6. The summed E-state index contributed by atoms with van der Waals surface area (Å²) >= 11 is 0. The van der Waals surface area contributed by atoms with Crippen LogP contribution in [0.25, 0.3) is 6.08 Å². The number of esters is 1. The Labute approximate surface area is 182 Å². The van der Waals surface area contributed by atoms with E-state index in [0.29, 0.717) is 36.0 Å². The molecule has 0 N–H and O–H groups in total. The zero-order valence-electron chi connectivity index (χ0n) is 18.3. The molecule has 0 aliphatic rings. The van der Waals surface area contributed by atoms with Crippen LogP contribution in [0.5, 0.6) is 17.2 Å². The minimum atomic E-state index is -0.347. The van der Waals surface area contributed by atoms with Crippen LogP contribution in [0.1, 0.15) is 24.5 Å². The van der Waals surface area contributed by atoms with Gasteiger partial charge in [-0.15, -0.1) is 0 Å². The van der Waals surface area contributed by atoms with Gasteiger partial charge in [0.2, 0.25) is 11.7 Å². The number of carbonyl (C=O) groups excluding carboxylic acids is 2. The molecule has 0 radical (unpaired) electrons. The summed E-state index contributed by atoms with van der Waals surface area (Å²) in [5.41, 5.74) is 1.57. The number of carbonyl (C=O) groups is 2. The molecule has 2 aromatic rings. The molecule has 1 heterocycles. The molecule has 0 saturated heterocycles. The molecular formula is C23H28N2O6. The summed E-state index contributed by atoms with van der Waals surface area (Å²) in [6.45, 7) is 2.60. The van der Waals surface area contributed by atoms with Crippen molar-refractivity contribution in [1.29, 1.82) is 0 Å². The van der Waals surface area contributed by atoms with Crippen LogP contribution in [-0.4, -0.2) is 56.2 Å². The summed E-state index contributed by atoms with van der Waals surface area (Å²) in [5.74, 6) is 0.857. The minimum absolute atomic E-state index is 0.109. The highest BCUT2D eigenvalue weighted by Crippen LogP contribution is 2.38. The van der Waals surface area contributed by atoms with E-state index in [4.69, 9.17) is 18.9 Å². The lowest BCUT2D eigenvalue weighted by atomic mass is 10.1. The highest BCUT2D eigenvalue weighted by Gasteiger charge is 2.15. The largest absolute Gasteiger partial charge is 0.493 e. The summed E-state index contributed by atoms with van der Waals surface area (Å²) in [5, 5.41) is 0. The van der Waals surface area contributed by atoms with E-state index in [-0.39, 0.29) is 24.8 Å². The second-order valence-corrected chi connectivity index (χ2v) is 6.47. The Morgan fingerprint density at radius 2 is 1.81 bits per heavy atom. The second kappa shape index (κ2) is 12.2. The van der Waals surface area contributed by atoms with Gasteiger partial charge in [0.15, 0.2) is 11.5 Å². The average molecular weight is 428 g/mol. The van der Waals surface area contributed by atoms with Crippen LogP contribution in [0.2, 0.25) is 0 Å². The van der Waals surface area contributed by atoms with Crippen molar-refractivity contribution >= 4 is 18.0 Å². The van der Waals surface area contributed by atoms with Crippen LogP contribution in [0.15, 0.2) is 42.7 Å². The molecule has 0 unspecified atom stereocenters. The Morgan fingerprint density at radius 3 is 2.35 bits per heavy atom. The van der Waals surface area contributed by atoms with E-state index in [0.717, 1.165) is 5.56 Å². The highest BCUT2D eigenvalue weighted by atomic mass is 16.5. The first-order chi connectivity index (χ1) is 15.0. The molecule has 0 saturated carbocycles. The fourth-order valence-corrected chi connectivity index (χ4v) is 2.91. The van der Waals surface area contributed by atoms with E-state index in [2.05, 4.69) is 4.98 Å². The quantitative estimate of drug-likeness (QED) is 0.401. The molecule has 0 aliphatic carbocycles. The summed E-state index contributed by atoms with van der Waals surface area (Å²) in [6, 6.07) is 7.17. The van der Waals surface area contributed by atoms with Gasteiger partial charge in [0.05, 0.1) is 34.4 Å². The maximum Gasteiger partial charge on any atom is 0.307 e. The van der Waals surface area contributed by atoms with Crippen LogP contribution < -0.4 is 14.2 Å². The van der Waals surface area contributed by atoms with Crippen molar-refractivity contribution in [2.24, 2.45) is 0 Å². The standard InChI is InChI=1S/C23H28N2O6/c1-5-31-22(27)10-12-25(16-18-7-6-11-24-15-18)21(26)9-8-17-13-19(28-2)23(30-4)20(14-17)29-3/h6-9,11,13-15H,5,10,12,16H2,1-4H3/b9-8+. The lowest BCUT2D eigenvalue weighted by Crippen LogP contribution is -2.31. The SMILES string of the molecule is CCOC(=O)CCN(Cc1cccnc1)C(=O)/C=C/c1cc(OC)c(OC)c(OC)c1. The molecule has 0 aliphatic heterocycles. The molecule has 0 spiro atoms. The molecule has 1 aromatic carbocycles. The maximum atomic E-state index is 12.9. The fourth-order valence-electron chi connectivity index (χ4n) is 2.91. The van der Waals surface area contributed by atoms with E-state index >= 15 is 0 Å². The number of methoxy groups -OCH3 is 3. The molecular weight excluding hydrogens is 400 g/mol. The normalized spacial score (nSPS) is 10.6. The van der Waals surface area contributed by atoms with Crippen LogP contribution >= 0.6 is 0 Å². The number of benzene rings is 1. The summed E-state index contributed by atoms with van der Waals surface area (Å²) in [4.78, 5) is 30.3. The molecule has 8 nitrogen and oxygen atoms in total. The van der Waals surface area contributed by atoms with Crippen LogP contribution in [0.4, 0.5) is 0 Å². The third-order valence-corrected chi connectivity index (χ3v) is 4.40. The summed E-state index contributed by atoms with van der Waals surface area (Å²) < 4.78 is 21.0. The van der Waals surface area contributed by atoms with Crippen molar-refractivity contribution in [1.82, 2.24) is 9.88 Å². The van der Waals surface area contributed by atoms with E-state index in [1.807, 2.05) is 6.07 Å². The maximum absolute atomic E-state index is 12.9. The van der Waals surface area contributed by atoms with Gasteiger partial charge in [-0.2, -0.15) is 0 Å². The van der Waals surface area contributed by atoms with E-state index in [9.17, 15) is 9.59 Å². The second-order valence-electron chi connectivity index (χ2n) is 6.47. The summed E-state index contributed by atoms with van der Waals surface area (Å²) in [6.07, 6.45) is 6.57. The van der Waals surface area contributed by atoms with Gasteiger partial charge in [0.25, 0.3) is 0 Å². The highest BCUT2D eigenvalue weighted by molar-refractivity contribution is 5.92. The van der Waals surface area contributed by atoms with E-state index < -0.39 is 0 Å². The molecule has 31 heavy (non-hydrogen) atoms. The van der Waals surface area contributed by atoms with Gasteiger partial charge in [-0.05, 0) is 42.3 Å². The van der Waals surface area contributed by atoms with Crippen molar-refractivity contribution < 1.29 is 28.5 Å². The first-order valence-corrected chi connectivity index (χ1v) is 9.83. The third kappa shape index (κ3) is 7.02. The molecule has 1 aromatic heterocycles. The number of hydrogen-bond donors (Lipinski definition) is 0. The molecule has 0 bridgehead atoms. The number of amides is 1. The molecule has 1 amide bonds. The van der Waals surface area contributed by atoms with Gasteiger partial charge in [-0.3, -0.25) is 14.6 Å². The van der Waals surface area contributed by atoms with Crippen LogP contribution in [0.3, 0.4) is 0 Å². The predicted octanol–water partition coefficient (Wildman–Crippen LogP) is 3.10. The first kappa shape index (κ1) is 23.7.